The van der Waals surface area contributed by atoms with Crippen molar-refractivity contribution >= 4 is 16.1 Å². The van der Waals surface area contributed by atoms with E-state index in [0.717, 1.165) is 24.8 Å². The molecule has 1 aromatic carbocycles. The molecule has 1 fully saturated rings. The average Bonchev–Trinajstić information content (AvgIpc) is 2.91. The molecule has 1 aliphatic carbocycles. The second-order valence-corrected chi connectivity index (χ2v) is 9.50. The summed E-state index contributed by atoms with van der Waals surface area (Å²) in [6.07, 6.45) is 2.95. The quantitative estimate of drug-likeness (QED) is 0.563. The highest BCUT2D eigenvalue weighted by Gasteiger charge is 2.29. The van der Waals surface area contributed by atoms with Crippen LogP contribution in [0.3, 0.4) is 0 Å². The van der Waals surface area contributed by atoms with Gasteiger partial charge in [-0.25, -0.2) is 0 Å². The molecule has 25 heavy (non-hydrogen) atoms. The molecule has 0 heterocycles. The number of ether oxygens (including phenoxy) is 1. The standard InChI is InChI=1S/C19H28O5S/c1-14-5-9-17(10-6-14)25(21,22)23-13-16-8-7-15(11-16)12-18(20)24-19(2,3)4/h5-6,9-10,15-16H,7-8,11-13H2,1-4H3/t15-,16?/m1/s1. The number of carbonyl (C=O) groups excluding carboxylic acids is 1. The van der Waals surface area contributed by atoms with Gasteiger partial charge in [0.2, 0.25) is 0 Å². The SMILES string of the molecule is Cc1ccc(S(=O)(=O)OCC2CC[C@@H](CC(=O)OC(C)(C)C)C2)cc1. The minimum Gasteiger partial charge on any atom is -0.460 e. The third kappa shape index (κ3) is 6.44. The van der Waals surface area contributed by atoms with Gasteiger partial charge in [-0.05, 0) is 70.9 Å². The van der Waals surface area contributed by atoms with Crippen molar-refractivity contribution in [3.8, 4) is 0 Å². The Morgan fingerprint density at radius 2 is 1.72 bits per heavy atom. The molecule has 0 saturated heterocycles. The van der Waals surface area contributed by atoms with Gasteiger partial charge < -0.3 is 4.74 Å². The predicted octanol–water partition coefficient (Wildman–Crippen LogP) is 3.85. The molecule has 1 aromatic rings. The number of carbonyl (C=O) groups is 1. The Kier molecular flexibility index (Phi) is 6.27. The molecule has 0 radical (unpaired) electrons. The zero-order valence-electron chi connectivity index (χ0n) is 15.4. The Morgan fingerprint density at radius 3 is 2.32 bits per heavy atom. The molecule has 0 aromatic heterocycles. The van der Waals surface area contributed by atoms with Crippen LogP contribution in [0.25, 0.3) is 0 Å². The van der Waals surface area contributed by atoms with Crippen LogP contribution < -0.4 is 0 Å². The fourth-order valence-electron chi connectivity index (χ4n) is 3.09. The van der Waals surface area contributed by atoms with Crippen LogP contribution in [0.2, 0.25) is 0 Å². The molecule has 0 spiro atoms. The van der Waals surface area contributed by atoms with Gasteiger partial charge in [0.25, 0.3) is 10.1 Å². The van der Waals surface area contributed by atoms with E-state index in [1.165, 1.54) is 0 Å². The largest absolute Gasteiger partial charge is 0.460 e. The van der Waals surface area contributed by atoms with Gasteiger partial charge in [0.05, 0.1) is 11.5 Å². The lowest BCUT2D eigenvalue weighted by Crippen LogP contribution is -2.25. The number of rotatable bonds is 6. The second kappa shape index (κ2) is 7.87. The van der Waals surface area contributed by atoms with Gasteiger partial charge in [-0.2, -0.15) is 8.42 Å². The van der Waals surface area contributed by atoms with E-state index in [2.05, 4.69) is 0 Å². The van der Waals surface area contributed by atoms with Crippen LogP contribution in [0.15, 0.2) is 29.2 Å². The Labute approximate surface area is 150 Å². The van der Waals surface area contributed by atoms with Gasteiger partial charge in [0.1, 0.15) is 5.60 Å². The molecule has 5 nitrogen and oxygen atoms in total. The summed E-state index contributed by atoms with van der Waals surface area (Å²) < 4.78 is 35.0. The second-order valence-electron chi connectivity index (χ2n) is 7.89. The van der Waals surface area contributed by atoms with Gasteiger partial charge in [-0.3, -0.25) is 8.98 Å². The van der Waals surface area contributed by atoms with E-state index in [1.54, 1.807) is 24.3 Å². The lowest BCUT2D eigenvalue weighted by atomic mass is 10.0. The van der Waals surface area contributed by atoms with Crippen LogP contribution in [0.4, 0.5) is 0 Å². The highest BCUT2D eigenvalue weighted by atomic mass is 32.2. The summed E-state index contributed by atoms with van der Waals surface area (Å²) in [6.45, 7) is 7.63. The molecule has 1 unspecified atom stereocenters. The molecule has 0 aliphatic heterocycles. The molecule has 0 bridgehead atoms. The van der Waals surface area contributed by atoms with Crippen molar-refractivity contribution in [2.45, 2.75) is 63.9 Å². The lowest BCUT2D eigenvalue weighted by molar-refractivity contribution is -0.155. The van der Waals surface area contributed by atoms with Crippen LogP contribution >= 0.6 is 0 Å². The van der Waals surface area contributed by atoms with Crippen molar-refractivity contribution < 1.29 is 22.1 Å². The maximum absolute atomic E-state index is 12.2. The van der Waals surface area contributed by atoms with Crippen molar-refractivity contribution in [1.29, 1.82) is 0 Å². The molecule has 140 valence electrons. The molecule has 6 heteroatoms. The molecule has 0 amide bonds. The minimum atomic E-state index is -3.72. The van der Waals surface area contributed by atoms with Crippen LogP contribution in [-0.2, 0) is 23.8 Å². The minimum absolute atomic E-state index is 0.160. The van der Waals surface area contributed by atoms with Crippen LogP contribution in [0.1, 0.15) is 52.0 Å². The van der Waals surface area contributed by atoms with Crippen molar-refractivity contribution in [1.82, 2.24) is 0 Å². The van der Waals surface area contributed by atoms with Crippen molar-refractivity contribution in [3.63, 3.8) is 0 Å². The van der Waals surface area contributed by atoms with Gasteiger partial charge in [-0.1, -0.05) is 17.7 Å². The van der Waals surface area contributed by atoms with Gasteiger partial charge in [-0.15, -0.1) is 0 Å². The molecule has 1 aliphatic rings. The smallest absolute Gasteiger partial charge is 0.306 e. The van der Waals surface area contributed by atoms with Crippen molar-refractivity contribution in [3.05, 3.63) is 29.8 Å². The summed E-state index contributed by atoms with van der Waals surface area (Å²) in [5.74, 6) is 0.213. The summed E-state index contributed by atoms with van der Waals surface area (Å²) >= 11 is 0. The summed E-state index contributed by atoms with van der Waals surface area (Å²) in [5.41, 5.74) is 0.528. The van der Waals surface area contributed by atoms with E-state index < -0.39 is 15.7 Å². The Balaban J connectivity index is 1.81. The van der Waals surface area contributed by atoms with Crippen molar-refractivity contribution in [2.75, 3.05) is 6.61 Å². The Hall–Kier alpha value is -1.40. The van der Waals surface area contributed by atoms with Gasteiger partial charge >= 0.3 is 5.97 Å². The fraction of sp³-hybridized carbons (Fsp3) is 0.632. The van der Waals surface area contributed by atoms with Gasteiger partial charge in [0, 0.05) is 6.42 Å². The fourth-order valence-corrected chi connectivity index (χ4v) is 4.07. The van der Waals surface area contributed by atoms with E-state index in [0.29, 0.717) is 6.42 Å². The first kappa shape index (κ1) is 19.9. The summed E-state index contributed by atoms with van der Waals surface area (Å²) in [4.78, 5) is 12.1. The summed E-state index contributed by atoms with van der Waals surface area (Å²) in [6, 6.07) is 6.63. The third-order valence-electron chi connectivity index (χ3n) is 4.29. The van der Waals surface area contributed by atoms with E-state index in [-0.39, 0.29) is 29.3 Å². The lowest BCUT2D eigenvalue weighted by Gasteiger charge is -2.20. The number of aryl methyl sites for hydroxylation is 1. The number of hydrogen-bond donors (Lipinski definition) is 0. The van der Waals surface area contributed by atoms with Crippen LogP contribution in [0, 0.1) is 18.8 Å². The van der Waals surface area contributed by atoms with E-state index >= 15 is 0 Å². The monoisotopic (exact) mass is 368 g/mol. The maximum atomic E-state index is 12.2. The average molecular weight is 368 g/mol. The van der Waals surface area contributed by atoms with Crippen molar-refractivity contribution in [2.24, 2.45) is 11.8 Å². The van der Waals surface area contributed by atoms with Crippen LogP contribution in [-0.4, -0.2) is 26.6 Å². The Morgan fingerprint density at radius 1 is 1.12 bits per heavy atom. The molecular weight excluding hydrogens is 340 g/mol. The highest BCUT2D eigenvalue weighted by molar-refractivity contribution is 7.86. The number of benzene rings is 1. The topological polar surface area (TPSA) is 69.7 Å². The zero-order chi connectivity index (χ0) is 18.7. The number of hydrogen-bond acceptors (Lipinski definition) is 5. The Bertz CT molecular complexity index is 686. The third-order valence-corrected chi connectivity index (χ3v) is 5.59. The highest BCUT2D eigenvalue weighted by Crippen LogP contribution is 2.34. The number of esters is 1. The summed E-state index contributed by atoms with van der Waals surface area (Å²) in [5, 5.41) is 0. The first-order chi connectivity index (χ1) is 11.5. The van der Waals surface area contributed by atoms with E-state index in [9.17, 15) is 13.2 Å². The molecule has 2 atom stereocenters. The van der Waals surface area contributed by atoms with Crippen LogP contribution in [0.5, 0.6) is 0 Å². The molecular formula is C19H28O5S. The zero-order valence-corrected chi connectivity index (χ0v) is 16.3. The summed E-state index contributed by atoms with van der Waals surface area (Å²) in [7, 11) is -3.72. The van der Waals surface area contributed by atoms with Gasteiger partial charge in [0.15, 0.2) is 0 Å². The first-order valence-electron chi connectivity index (χ1n) is 8.73. The van der Waals surface area contributed by atoms with E-state index in [4.69, 9.17) is 8.92 Å². The first-order valence-corrected chi connectivity index (χ1v) is 10.1. The van der Waals surface area contributed by atoms with E-state index in [1.807, 2.05) is 27.7 Å². The predicted molar refractivity (Wildman–Crippen MR) is 95.6 cm³/mol. The normalized spacial score (nSPS) is 21.3. The molecule has 0 N–H and O–H groups in total. The maximum Gasteiger partial charge on any atom is 0.306 e. The molecule has 1 saturated carbocycles. The molecule has 2 rings (SSSR count).